The van der Waals surface area contributed by atoms with Gasteiger partial charge in [0, 0.05) is 12.1 Å². The maximum Gasteiger partial charge on any atom is 0.141 e. The number of aromatic nitrogens is 2. The molecule has 1 aliphatic rings. The van der Waals surface area contributed by atoms with E-state index in [0.717, 1.165) is 23.8 Å². The van der Waals surface area contributed by atoms with Crippen molar-refractivity contribution < 1.29 is 0 Å². The van der Waals surface area contributed by atoms with Crippen LogP contribution >= 0.6 is 0 Å². The molecule has 1 aromatic heterocycles. The van der Waals surface area contributed by atoms with Crippen LogP contribution in [0.1, 0.15) is 12.8 Å². The second-order valence-corrected chi connectivity index (χ2v) is 5.34. The van der Waals surface area contributed by atoms with E-state index in [0.29, 0.717) is 0 Å². The Balaban J connectivity index is 1.92. The first-order valence-corrected chi connectivity index (χ1v) is 6.92. The Labute approximate surface area is 112 Å². The molecule has 1 fully saturated rings. The quantitative estimate of drug-likeness (QED) is 0.682. The average Bonchev–Trinajstić information content (AvgIpc) is 3.21. The summed E-state index contributed by atoms with van der Waals surface area (Å²) in [6.07, 6.45) is 2.72. The maximum atomic E-state index is 4.83. The largest absolute Gasteiger partial charge is 0.324 e. The lowest BCUT2D eigenvalue weighted by Crippen LogP contribution is -2.02. The van der Waals surface area contributed by atoms with Crippen LogP contribution in [0.15, 0.2) is 54.6 Å². The zero-order chi connectivity index (χ0) is 12.7. The molecule has 4 rings (SSSR count). The lowest BCUT2D eigenvalue weighted by Gasteiger charge is -2.08. The Hall–Kier alpha value is -2.09. The zero-order valence-corrected chi connectivity index (χ0v) is 10.8. The number of benzene rings is 2. The number of rotatable bonds is 3. The molecule has 0 radical (unpaired) electrons. The van der Waals surface area contributed by atoms with Crippen LogP contribution in [-0.2, 0) is 6.54 Å². The summed E-state index contributed by atoms with van der Waals surface area (Å²) in [5.41, 5.74) is 3.56. The Morgan fingerprint density at radius 2 is 1.68 bits per heavy atom. The van der Waals surface area contributed by atoms with Gasteiger partial charge in [0.2, 0.25) is 0 Å². The molecule has 1 heterocycles. The first kappa shape index (κ1) is 10.8. The van der Waals surface area contributed by atoms with Crippen molar-refractivity contribution in [2.45, 2.75) is 19.4 Å². The van der Waals surface area contributed by atoms with Crippen molar-refractivity contribution >= 4 is 11.0 Å². The third kappa shape index (κ3) is 1.93. The molecule has 0 atom stereocenters. The monoisotopic (exact) mass is 248 g/mol. The van der Waals surface area contributed by atoms with Crippen molar-refractivity contribution in [3.05, 3.63) is 54.6 Å². The summed E-state index contributed by atoms with van der Waals surface area (Å²) >= 11 is 0. The van der Waals surface area contributed by atoms with E-state index in [4.69, 9.17) is 4.98 Å². The molecule has 0 spiro atoms. The summed E-state index contributed by atoms with van der Waals surface area (Å²) in [7, 11) is 0. The van der Waals surface area contributed by atoms with E-state index in [9.17, 15) is 0 Å². The topological polar surface area (TPSA) is 17.8 Å². The van der Waals surface area contributed by atoms with Crippen molar-refractivity contribution in [2.24, 2.45) is 5.92 Å². The molecular formula is C17H16N2. The van der Waals surface area contributed by atoms with Gasteiger partial charge in [0.05, 0.1) is 11.0 Å². The molecule has 0 amide bonds. The average molecular weight is 248 g/mol. The highest BCUT2D eigenvalue weighted by Crippen LogP contribution is 2.34. The van der Waals surface area contributed by atoms with Crippen LogP contribution in [0.4, 0.5) is 0 Å². The molecule has 0 saturated heterocycles. The maximum absolute atomic E-state index is 4.83. The van der Waals surface area contributed by atoms with Gasteiger partial charge < -0.3 is 4.57 Å². The second kappa shape index (κ2) is 4.23. The van der Waals surface area contributed by atoms with Crippen molar-refractivity contribution in [2.75, 3.05) is 0 Å². The van der Waals surface area contributed by atoms with Gasteiger partial charge in [-0.3, -0.25) is 0 Å². The van der Waals surface area contributed by atoms with Crippen LogP contribution in [0.25, 0.3) is 22.4 Å². The molecule has 19 heavy (non-hydrogen) atoms. The van der Waals surface area contributed by atoms with Crippen LogP contribution in [-0.4, -0.2) is 9.55 Å². The molecule has 3 aromatic rings. The number of nitrogens with zero attached hydrogens (tertiary/aromatic N) is 2. The van der Waals surface area contributed by atoms with E-state index < -0.39 is 0 Å². The van der Waals surface area contributed by atoms with E-state index in [1.54, 1.807) is 0 Å². The van der Waals surface area contributed by atoms with Gasteiger partial charge in [-0.25, -0.2) is 4.98 Å². The predicted molar refractivity (Wildman–Crippen MR) is 77.9 cm³/mol. The van der Waals surface area contributed by atoms with Gasteiger partial charge in [-0.15, -0.1) is 0 Å². The number of fused-ring (bicyclic) bond motifs is 1. The van der Waals surface area contributed by atoms with Gasteiger partial charge in [-0.1, -0.05) is 42.5 Å². The molecular weight excluding hydrogens is 232 g/mol. The van der Waals surface area contributed by atoms with E-state index in [2.05, 4.69) is 59.2 Å². The molecule has 94 valence electrons. The number of imidazole rings is 1. The standard InChI is InChI=1S/C17H16N2/c1-2-6-14(7-3-1)17-18-15-8-4-5-9-16(15)19(17)12-13-10-11-13/h1-9,13H,10-12H2. The van der Waals surface area contributed by atoms with Crippen molar-refractivity contribution in [3.8, 4) is 11.4 Å². The summed E-state index contributed by atoms with van der Waals surface area (Å²) < 4.78 is 2.39. The molecule has 0 unspecified atom stereocenters. The van der Waals surface area contributed by atoms with E-state index in [1.165, 1.54) is 23.9 Å². The molecule has 2 heteroatoms. The predicted octanol–water partition coefficient (Wildman–Crippen LogP) is 4.11. The number of para-hydroxylation sites is 2. The molecule has 0 N–H and O–H groups in total. The molecule has 1 aliphatic carbocycles. The molecule has 2 aromatic carbocycles. The van der Waals surface area contributed by atoms with E-state index in [-0.39, 0.29) is 0 Å². The first-order chi connectivity index (χ1) is 9.42. The van der Waals surface area contributed by atoms with Gasteiger partial charge >= 0.3 is 0 Å². The van der Waals surface area contributed by atoms with E-state index >= 15 is 0 Å². The highest BCUT2D eigenvalue weighted by Gasteiger charge is 2.24. The summed E-state index contributed by atoms with van der Waals surface area (Å²) in [4.78, 5) is 4.83. The number of hydrogen-bond acceptors (Lipinski definition) is 1. The van der Waals surface area contributed by atoms with E-state index in [1.807, 2.05) is 0 Å². The van der Waals surface area contributed by atoms with Crippen LogP contribution in [0.3, 0.4) is 0 Å². The highest BCUT2D eigenvalue weighted by molar-refractivity contribution is 5.80. The minimum absolute atomic E-state index is 0.847. The minimum Gasteiger partial charge on any atom is -0.324 e. The molecule has 1 saturated carbocycles. The summed E-state index contributed by atoms with van der Waals surface area (Å²) in [6, 6.07) is 18.9. The number of hydrogen-bond donors (Lipinski definition) is 0. The Morgan fingerprint density at radius 3 is 2.47 bits per heavy atom. The molecule has 2 nitrogen and oxygen atoms in total. The Morgan fingerprint density at radius 1 is 0.947 bits per heavy atom. The third-order valence-electron chi connectivity index (χ3n) is 3.82. The Kier molecular flexibility index (Phi) is 2.41. The van der Waals surface area contributed by atoms with Gasteiger partial charge in [-0.2, -0.15) is 0 Å². The zero-order valence-electron chi connectivity index (χ0n) is 10.8. The van der Waals surface area contributed by atoms with Crippen molar-refractivity contribution in [1.82, 2.24) is 9.55 Å². The van der Waals surface area contributed by atoms with Gasteiger partial charge in [-0.05, 0) is 30.9 Å². The summed E-state index contributed by atoms with van der Waals surface area (Å²) in [6.45, 7) is 1.10. The fourth-order valence-corrected chi connectivity index (χ4v) is 2.63. The highest BCUT2D eigenvalue weighted by atomic mass is 15.1. The summed E-state index contributed by atoms with van der Waals surface area (Å²) in [5, 5.41) is 0. The van der Waals surface area contributed by atoms with Gasteiger partial charge in [0.1, 0.15) is 5.82 Å². The van der Waals surface area contributed by atoms with Crippen LogP contribution in [0.5, 0.6) is 0 Å². The lowest BCUT2D eigenvalue weighted by atomic mass is 10.2. The van der Waals surface area contributed by atoms with Crippen molar-refractivity contribution in [1.29, 1.82) is 0 Å². The minimum atomic E-state index is 0.847. The van der Waals surface area contributed by atoms with Crippen LogP contribution in [0, 0.1) is 5.92 Å². The second-order valence-electron chi connectivity index (χ2n) is 5.34. The molecule has 0 bridgehead atoms. The van der Waals surface area contributed by atoms with Gasteiger partial charge in [0.25, 0.3) is 0 Å². The normalized spacial score (nSPS) is 14.9. The SMILES string of the molecule is c1ccc(-c2nc3ccccc3n2CC2CC2)cc1. The van der Waals surface area contributed by atoms with Crippen molar-refractivity contribution in [3.63, 3.8) is 0 Å². The van der Waals surface area contributed by atoms with Gasteiger partial charge in [0.15, 0.2) is 0 Å². The summed E-state index contributed by atoms with van der Waals surface area (Å²) in [5.74, 6) is 1.95. The fraction of sp³-hybridized carbons (Fsp3) is 0.235. The van der Waals surface area contributed by atoms with Crippen LogP contribution in [0.2, 0.25) is 0 Å². The lowest BCUT2D eigenvalue weighted by molar-refractivity contribution is 0.648. The van der Waals surface area contributed by atoms with Crippen LogP contribution < -0.4 is 0 Å². The first-order valence-electron chi connectivity index (χ1n) is 6.92. The smallest absolute Gasteiger partial charge is 0.141 e. The third-order valence-corrected chi connectivity index (χ3v) is 3.82. The fourth-order valence-electron chi connectivity index (χ4n) is 2.63. The Bertz CT molecular complexity index is 708. The molecule has 0 aliphatic heterocycles.